The standard InChI is InChI=1S/C15H15N3O2S/c1-12-2-8-15(9-3-12)21(19,20)18-17-11-14-6-4-13(10-16)5-7-14/h2-9,17-18H,11H2,1H3. The Balaban J connectivity index is 1.95. The largest absolute Gasteiger partial charge is 0.253 e. The number of hydrogen-bond donors (Lipinski definition) is 2. The number of rotatable bonds is 5. The maximum atomic E-state index is 12.0. The first-order valence-electron chi connectivity index (χ1n) is 6.32. The maximum absolute atomic E-state index is 12.0. The van der Waals surface area contributed by atoms with Crippen LogP contribution >= 0.6 is 0 Å². The first-order valence-corrected chi connectivity index (χ1v) is 7.80. The molecule has 0 spiro atoms. The molecule has 0 aromatic heterocycles. The lowest BCUT2D eigenvalue weighted by Crippen LogP contribution is -2.36. The fourth-order valence-electron chi connectivity index (χ4n) is 1.71. The molecule has 2 aromatic carbocycles. The summed E-state index contributed by atoms with van der Waals surface area (Å²) in [7, 11) is -3.57. The molecule has 0 fully saturated rings. The van der Waals surface area contributed by atoms with Gasteiger partial charge in [-0.15, -0.1) is 4.83 Å². The molecule has 0 amide bonds. The Hall–Kier alpha value is -2.20. The highest BCUT2D eigenvalue weighted by Gasteiger charge is 2.12. The molecule has 21 heavy (non-hydrogen) atoms. The summed E-state index contributed by atoms with van der Waals surface area (Å²) in [5.41, 5.74) is 5.12. The molecule has 2 aromatic rings. The van der Waals surface area contributed by atoms with E-state index >= 15 is 0 Å². The lowest BCUT2D eigenvalue weighted by molar-refractivity contribution is 0.555. The minimum Gasteiger partial charge on any atom is -0.239 e. The molecule has 5 nitrogen and oxygen atoms in total. The van der Waals surface area contributed by atoms with Crippen molar-refractivity contribution < 1.29 is 8.42 Å². The molecule has 0 aliphatic carbocycles. The molecule has 2 rings (SSSR count). The van der Waals surface area contributed by atoms with E-state index in [1.165, 1.54) is 0 Å². The van der Waals surface area contributed by atoms with Gasteiger partial charge in [0.15, 0.2) is 0 Å². The number of hydrazine groups is 1. The minimum atomic E-state index is -3.57. The van der Waals surface area contributed by atoms with Gasteiger partial charge >= 0.3 is 0 Å². The Morgan fingerprint density at radius 3 is 2.24 bits per heavy atom. The third kappa shape index (κ3) is 4.13. The fourth-order valence-corrected chi connectivity index (χ4v) is 2.58. The molecular formula is C15H15N3O2S. The Labute approximate surface area is 124 Å². The number of hydrogen-bond acceptors (Lipinski definition) is 4. The molecule has 0 saturated carbocycles. The third-order valence-electron chi connectivity index (χ3n) is 2.91. The van der Waals surface area contributed by atoms with Crippen LogP contribution in [-0.2, 0) is 16.6 Å². The van der Waals surface area contributed by atoms with Gasteiger partial charge in [-0.3, -0.25) is 0 Å². The van der Waals surface area contributed by atoms with Crippen molar-refractivity contribution in [3.8, 4) is 6.07 Å². The van der Waals surface area contributed by atoms with Crippen LogP contribution in [0, 0.1) is 18.3 Å². The number of aryl methyl sites for hydroxylation is 1. The van der Waals surface area contributed by atoms with Gasteiger partial charge in [-0.1, -0.05) is 29.8 Å². The minimum absolute atomic E-state index is 0.209. The van der Waals surface area contributed by atoms with Crippen molar-refractivity contribution in [1.82, 2.24) is 10.3 Å². The van der Waals surface area contributed by atoms with Crippen molar-refractivity contribution in [2.75, 3.05) is 0 Å². The van der Waals surface area contributed by atoms with Crippen LogP contribution in [-0.4, -0.2) is 8.42 Å². The summed E-state index contributed by atoms with van der Waals surface area (Å²) in [6.07, 6.45) is 0. The number of nitriles is 1. The van der Waals surface area contributed by atoms with Crippen LogP contribution in [0.2, 0.25) is 0 Å². The normalized spacial score (nSPS) is 11.0. The molecule has 0 saturated heterocycles. The molecule has 108 valence electrons. The molecule has 0 aliphatic heterocycles. The van der Waals surface area contributed by atoms with Gasteiger partial charge < -0.3 is 0 Å². The maximum Gasteiger partial charge on any atom is 0.253 e. The molecule has 0 atom stereocenters. The van der Waals surface area contributed by atoms with E-state index in [-0.39, 0.29) is 4.90 Å². The van der Waals surface area contributed by atoms with Crippen LogP contribution in [0.1, 0.15) is 16.7 Å². The van der Waals surface area contributed by atoms with Gasteiger partial charge in [0.1, 0.15) is 0 Å². The molecule has 0 aliphatic rings. The van der Waals surface area contributed by atoms with E-state index in [1.807, 2.05) is 13.0 Å². The predicted octanol–water partition coefficient (Wildman–Crippen LogP) is 1.85. The van der Waals surface area contributed by atoms with Crippen LogP contribution in [0.15, 0.2) is 53.4 Å². The highest BCUT2D eigenvalue weighted by atomic mass is 32.2. The summed E-state index contributed by atoms with van der Waals surface area (Å²) in [5.74, 6) is 0. The number of nitrogens with zero attached hydrogens (tertiary/aromatic N) is 1. The van der Waals surface area contributed by atoms with Gasteiger partial charge in [0.25, 0.3) is 10.0 Å². The Morgan fingerprint density at radius 2 is 1.67 bits per heavy atom. The van der Waals surface area contributed by atoms with E-state index in [9.17, 15) is 8.42 Å². The van der Waals surface area contributed by atoms with Gasteiger partial charge in [0, 0.05) is 6.54 Å². The molecule has 0 bridgehead atoms. The van der Waals surface area contributed by atoms with Crippen LogP contribution in [0.3, 0.4) is 0 Å². The second-order valence-corrected chi connectivity index (χ2v) is 6.26. The topological polar surface area (TPSA) is 82.0 Å². The molecule has 0 radical (unpaired) electrons. The summed E-state index contributed by atoms with van der Waals surface area (Å²) in [4.78, 5) is 2.54. The zero-order valence-electron chi connectivity index (χ0n) is 11.5. The first kappa shape index (κ1) is 15.2. The lowest BCUT2D eigenvalue weighted by Gasteiger charge is -2.08. The van der Waals surface area contributed by atoms with Crippen molar-refractivity contribution in [2.45, 2.75) is 18.4 Å². The zero-order chi connectivity index (χ0) is 15.3. The van der Waals surface area contributed by atoms with Crippen molar-refractivity contribution in [3.05, 3.63) is 65.2 Å². The Bertz CT molecular complexity index is 745. The summed E-state index contributed by atoms with van der Waals surface area (Å²) in [6, 6.07) is 15.5. The first-order chi connectivity index (χ1) is 10.0. The van der Waals surface area contributed by atoms with Gasteiger partial charge in [0.2, 0.25) is 0 Å². The van der Waals surface area contributed by atoms with Crippen LogP contribution in [0.25, 0.3) is 0 Å². The Kier molecular flexibility index (Phi) is 4.70. The number of nitrogens with one attached hydrogen (secondary N) is 2. The van der Waals surface area contributed by atoms with Gasteiger partial charge in [-0.05, 0) is 36.8 Å². The van der Waals surface area contributed by atoms with Crippen molar-refractivity contribution in [2.24, 2.45) is 0 Å². The van der Waals surface area contributed by atoms with Gasteiger partial charge in [-0.2, -0.15) is 5.26 Å². The monoisotopic (exact) mass is 301 g/mol. The predicted molar refractivity (Wildman–Crippen MR) is 79.5 cm³/mol. The van der Waals surface area contributed by atoms with E-state index in [4.69, 9.17) is 5.26 Å². The second-order valence-electron chi connectivity index (χ2n) is 4.58. The summed E-state index contributed by atoms with van der Waals surface area (Å²) < 4.78 is 24.0. The van der Waals surface area contributed by atoms with Gasteiger partial charge in [-0.25, -0.2) is 13.8 Å². The van der Waals surface area contributed by atoms with Crippen LogP contribution < -0.4 is 10.3 Å². The molecular weight excluding hydrogens is 286 g/mol. The second kappa shape index (κ2) is 6.50. The van der Waals surface area contributed by atoms with E-state index in [2.05, 4.69) is 10.3 Å². The van der Waals surface area contributed by atoms with Gasteiger partial charge in [0.05, 0.1) is 16.5 Å². The molecule has 0 unspecified atom stereocenters. The summed E-state index contributed by atoms with van der Waals surface area (Å²) >= 11 is 0. The van der Waals surface area contributed by atoms with E-state index in [0.29, 0.717) is 12.1 Å². The third-order valence-corrected chi connectivity index (χ3v) is 4.22. The Morgan fingerprint density at radius 1 is 1.05 bits per heavy atom. The van der Waals surface area contributed by atoms with Crippen molar-refractivity contribution in [1.29, 1.82) is 5.26 Å². The smallest absolute Gasteiger partial charge is 0.239 e. The summed E-state index contributed by atoms with van der Waals surface area (Å²) in [6.45, 7) is 2.23. The average molecular weight is 301 g/mol. The summed E-state index contributed by atoms with van der Waals surface area (Å²) in [5, 5.41) is 8.70. The SMILES string of the molecule is Cc1ccc(S(=O)(=O)NNCc2ccc(C#N)cc2)cc1. The highest BCUT2D eigenvalue weighted by molar-refractivity contribution is 7.89. The van der Waals surface area contributed by atoms with Crippen molar-refractivity contribution in [3.63, 3.8) is 0 Å². The molecule has 0 heterocycles. The van der Waals surface area contributed by atoms with E-state index in [1.54, 1.807) is 48.5 Å². The van der Waals surface area contributed by atoms with Crippen molar-refractivity contribution >= 4 is 10.0 Å². The molecule has 2 N–H and O–H groups in total. The number of benzene rings is 2. The average Bonchev–Trinajstić information content (AvgIpc) is 2.48. The van der Waals surface area contributed by atoms with Crippen LogP contribution in [0.4, 0.5) is 0 Å². The molecule has 6 heteroatoms. The lowest BCUT2D eigenvalue weighted by atomic mass is 10.1. The highest BCUT2D eigenvalue weighted by Crippen LogP contribution is 2.09. The van der Waals surface area contributed by atoms with E-state index in [0.717, 1.165) is 11.1 Å². The fraction of sp³-hybridized carbons (Fsp3) is 0.133. The zero-order valence-corrected chi connectivity index (χ0v) is 12.3. The van der Waals surface area contributed by atoms with Crippen LogP contribution in [0.5, 0.6) is 0 Å². The van der Waals surface area contributed by atoms with E-state index < -0.39 is 10.0 Å². The quantitative estimate of drug-likeness (QED) is 0.826. The number of sulfonamides is 1.